The van der Waals surface area contributed by atoms with E-state index in [4.69, 9.17) is 23.2 Å². The van der Waals surface area contributed by atoms with Gasteiger partial charge in [-0.05, 0) is 48.4 Å². The summed E-state index contributed by atoms with van der Waals surface area (Å²) in [7, 11) is 0. The highest BCUT2D eigenvalue weighted by Gasteiger charge is 2.07. The van der Waals surface area contributed by atoms with Crippen molar-refractivity contribution in [3.8, 4) is 0 Å². The smallest absolute Gasteiger partial charge is 0.243 e. The van der Waals surface area contributed by atoms with E-state index in [1.165, 1.54) is 0 Å². The van der Waals surface area contributed by atoms with Crippen molar-refractivity contribution in [2.75, 3.05) is 22.5 Å². The third kappa shape index (κ3) is 6.79. The maximum Gasteiger partial charge on any atom is 0.243 e. The van der Waals surface area contributed by atoms with Gasteiger partial charge < -0.3 is 16.0 Å². The first-order valence-electron chi connectivity index (χ1n) is 9.42. The number of anilines is 3. The van der Waals surface area contributed by atoms with Crippen LogP contribution in [0.3, 0.4) is 0 Å². The Kier molecular flexibility index (Phi) is 7.71. The molecular formula is C23H21Cl2N3O2. The topological polar surface area (TPSA) is 70.2 Å². The highest BCUT2D eigenvalue weighted by atomic mass is 35.5. The number of nitrogens with one attached hydrogen (secondary N) is 3. The Bertz CT molecular complexity index is 1030. The molecule has 0 heterocycles. The summed E-state index contributed by atoms with van der Waals surface area (Å²) in [5.74, 6) is -0.293. The second-order valence-electron chi connectivity index (χ2n) is 6.65. The highest BCUT2D eigenvalue weighted by Crippen LogP contribution is 2.25. The summed E-state index contributed by atoms with van der Waals surface area (Å²) in [4.78, 5) is 24.3. The third-order valence-corrected chi connectivity index (χ3v) is 5.03. The van der Waals surface area contributed by atoms with E-state index in [9.17, 15) is 9.59 Å². The Hall–Kier alpha value is -3.02. The molecule has 3 aromatic rings. The molecule has 3 rings (SSSR count). The number of amides is 2. The van der Waals surface area contributed by atoms with Crippen LogP contribution in [0.4, 0.5) is 17.1 Å². The lowest BCUT2D eigenvalue weighted by atomic mass is 10.1. The quantitative estimate of drug-likeness (QED) is 0.424. The lowest BCUT2D eigenvalue weighted by molar-refractivity contribution is -0.116. The van der Waals surface area contributed by atoms with Crippen LogP contribution in [0.15, 0.2) is 72.8 Å². The fourth-order valence-corrected chi connectivity index (χ4v) is 3.09. The average Bonchev–Trinajstić information content (AvgIpc) is 2.74. The van der Waals surface area contributed by atoms with Gasteiger partial charge in [-0.25, -0.2) is 0 Å². The zero-order valence-corrected chi connectivity index (χ0v) is 17.6. The van der Waals surface area contributed by atoms with Gasteiger partial charge in [0.25, 0.3) is 0 Å². The summed E-state index contributed by atoms with van der Waals surface area (Å²) in [5.41, 5.74) is 3.08. The van der Waals surface area contributed by atoms with Crippen LogP contribution in [-0.4, -0.2) is 18.4 Å². The Morgan fingerprint density at radius 1 is 0.700 bits per heavy atom. The molecule has 3 N–H and O–H groups in total. The monoisotopic (exact) mass is 441 g/mol. The van der Waals surface area contributed by atoms with Crippen molar-refractivity contribution in [2.45, 2.75) is 12.8 Å². The molecule has 0 aromatic heterocycles. The van der Waals surface area contributed by atoms with Crippen molar-refractivity contribution < 1.29 is 9.59 Å². The Labute approximate surface area is 185 Å². The predicted octanol–water partition coefficient (Wildman–Crippen LogP) is 5.62. The molecule has 5 nitrogen and oxygen atoms in total. The van der Waals surface area contributed by atoms with Gasteiger partial charge in [-0.1, -0.05) is 59.6 Å². The number of hydrogen-bond donors (Lipinski definition) is 3. The van der Waals surface area contributed by atoms with E-state index >= 15 is 0 Å². The minimum absolute atomic E-state index is 0.0612. The second-order valence-corrected chi connectivity index (χ2v) is 7.46. The van der Waals surface area contributed by atoms with Crippen LogP contribution in [0.1, 0.15) is 12.0 Å². The van der Waals surface area contributed by atoms with Crippen LogP contribution in [-0.2, 0) is 16.0 Å². The van der Waals surface area contributed by atoms with E-state index in [0.717, 1.165) is 11.3 Å². The third-order valence-electron chi connectivity index (χ3n) is 4.29. The van der Waals surface area contributed by atoms with Crippen molar-refractivity contribution >= 4 is 52.1 Å². The molecular weight excluding hydrogens is 421 g/mol. The molecule has 0 aliphatic heterocycles. The molecule has 3 aromatic carbocycles. The van der Waals surface area contributed by atoms with Gasteiger partial charge in [0.15, 0.2) is 0 Å². The van der Waals surface area contributed by atoms with Crippen LogP contribution in [0.25, 0.3) is 0 Å². The van der Waals surface area contributed by atoms with E-state index in [0.29, 0.717) is 34.3 Å². The average molecular weight is 442 g/mol. The highest BCUT2D eigenvalue weighted by molar-refractivity contribution is 6.42. The first-order valence-corrected chi connectivity index (χ1v) is 10.2. The number of rotatable bonds is 8. The molecule has 0 fully saturated rings. The van der Waals surface area contributed by atoms with E-state index in [1.54, 1.807) is 30.3 Å². The molecule has 30 heavy (non-hydrogen) atoms. The van der Waals surface area contributed by atoms with Crippen LogP contribution in [0.5, 0.6) is 0 Å². The van der Waals surface area contributed by atoms with E-state index in [2.05, 4.69) is 16.0 Å². The molecule has 154 valence electrons. The molecule has 2 amide bonds. The summed E-state index contributed by atoms with van der Waals surface area (Å²) in [5, 5.41) is 9.47. The zero-order valence-electron chi connectivity index (χ0n) is 16.1. The molecule has 0 atom stereocenters. The molecule has 0 saturated heterocycles. The molecule has 0 spiro atoms. The van der Waals surface area contributed by atoms with Gasteiger partial charge in [0.1, 0.15) is 0 Å². The van der Waals surface area contributed by atoms with Gasteiger partial charge >= 0.3 is 0 Å². The van der Waals surface area contributed by atoms with Crippen LogP contribution in [0.2, 0.25) is 10.0 Å². The largest absolute Gasteiger partial charge is 0.376 e. The van der Waals surface area contributed by atoms with Crippen molar-refractivity contribution in [3.63, 3.8) is 0 Å². The fourth-order valence-electron chi connectivity index (χ4n) is 2.79. The fraction of sp³-hybridized carbons (Fsp3) is 0.130. The van der Waals surface area contributed by atoms with Crippen molar-refractivity contribution in [1.29, 1.82) is 0 Å². The number of carbonyl (C=O) groups is 2. The minimum atomic E-state index is -0.231. The van der Waals surface area contributed by atoms with E-state index in [-0.39, 0.29) is 18.4 Å². The van der Waals surface area contributed by atoms with Gasteiger partial charge in [-0.3, -0.25) is 9.59 Å². The van der Waals surface area contributed by atoms with Crippen LogP contribution < -0.4 is 16.0 Å². The summed E-state index contributed by atoms with van der Waals surface area (Å²) in [6.07, 6.45) is 1.08. The standard InChI is InChI=1S/C23H21Cl2N3O2/c24-20-11-10-19(14-21(20)25)28-23(30)15-26-17-7-4-8-18(13-17)27-22(29)12-9-16-5-2-1-3-6-16/h1-8,10-11,13-14,26H,9,12,15H2,(H,27,29)(H,28,30). The first kappa shape index (κ1) is 21.7. The normalized spacial score (nSPS) is 10.3. The Balaban J connectivity index is 1.48. The van der Waals surface area contributed by atoms with Crippen LogP contribution in [0, 0.1) is 0 Å². The molecule has 0 radical (unpaired) electrons. The predicted molar refractivity (Wildman–Crippen MR) is 123 cm³/mol. The van der Waals surface area contributed by atoms with Gasteiger partial charge in [0, 0.05) is 23.5 Å². The molecule has 7 heteroatoms. The molecule has 0 bridgehead atoms. The lowest BCUT2D eigenvalue weighted by Gasteiger charge is -2.10. The summed E-state index contributed by atoms with van der Waals surface area (Å²) in [6.45, 7) is 0.0612. The first-order chi connectivity index (χ1) is 14.5. The summed E-state index contributed by atoms with van der Waals surface area (Å²) in [6, 6.07) is 22.0. The van der Waals surface area contributed by atoms with Crippen molar-refractivity contribution in [3.05, 3.63) is 88.4 Å². The lowest BCUT2D eigenvalue weighted by Crippen LogP contribution is -2.21. The molecule has 0 aliphatic carbocycles. The number of carbonyl (C=O) groups excluding carboxylic acids is 2. The number of benzene rings is 3. The second kappa shape index (κ2) is 10.7. The SMILES string of the molecule is O=C(CCc1ccccc1)Nc1cccc(NCC(=O)Nc2ccc(Cl)c(Cl)c2)c1. The number of hydrogen-bond acceptors (Lipinski definition) is 3. The summed E-state index contributed by atoms with van der Waals surface area (Å²) < 4.78 is 0. The van der Waals surface area contributed by atoms with Crippen LogP contribution >= 0.6 is 23.2 Å². The van der Waals surface area contributed by atoms with Gasteiger partial charge in [0.2, 0.25) is 11.8 Å². The van der Waals surface area contributed by atoms with E-state index in [1.807, 2.05) is 42.5 Å². The maximum absolute atomic E-state index is 12.2. The molecule has 0 aliphatic rings. The molecule has 0 unspecified atom stereocenters. The number of aryl methyl sites for hydroxylation is 1. The minimum Gasteiger partial charge on any atom is -0.376 e. The van der Waals surface area contributed by atoms with Gasteiger partial charge in [-0.15, -0.1) is 0 Å². The Morgan fingerprint density at radius 2 is 1.40 bits per heavy atom. The van der Waals surface area contributed by atoms with E-state index < -0.39 is 0 Å². The Morgan fingerprint density at radius 3 is 2.17 bits per heavy atom. The maximum atomic E-state index is 12.2. The van der Waals surface area contributed by atoms with Crippen molar-refractivity contribution in [1.82, 2.24) is 0 Å². The zero-order chi connectivity index (χ0) is 21.3. The summed E-state index contributed by atoms with van der Waals surface area (Å²) >= 11 is 11.8. The van der Waals surface area contributed by atoms with Gasteiger partial charge in [0.05, 0.1) is 16.6 Å². The molecule has 0 saturated carbocycles. The number of halogens is 2. The van der Waals surface area contributed by atoms with Gasteiger partial charge in [-0.2, -0.15) is 0 Å². The van der Waals surface area contributed by atoms with Crippen molar-refractivity contribution in [2.24, 2.45) is 0 Å².